The van der Waals surface area contributed by atoms with Crippen LogP contribution in [0.4, 0.5) is 0 Å². The molecule has 1 aliphatic heterocycles. The molecule has 0 saturated heterocycles. The monoisotopic (exact) mass is 169 g/mol. The summed E-state index contributed by atoms with van der Waals surface area (Å²) in [7, 11) is 0. The van der Waals surface area contributed by atoms with Crippen LogP contribution in [0.5, 0.6) is 0 Å². The molecule has 0 N–H and O–H groups in total. The summed E-state index contributed by atoms with van der Waals surface area (Å²) in [5, 5.41) is 0. The van der Waals surface area contributed by atoms with Crippen LogP contribution in [0, 0.1) is 5.92 Å². The average Bonchev–Trinajstić information content (AvgIpc) is 2.48. The van der Waals surface area contributed by atoms with Gasteiger partial charge in [-0.2, -0.15) is 0 Å². The molecule has 2 heteroatoms. The molecule has 1 rings (SSSR count). The number of hydrogen-bond acceptors (Lipinski definition) is 2. The van der Waals surface area contributed by atoms with Gasteiger partial charge in [-0.1, -0.05) is 27.7 Å². The van der Waals surface area contributed by atoms with Crippen LogP contribution >= 0.6 is 0 Å². The Labute approximate surface area is 75.0 Å². The van der Waals surface area contributed by atoms with Gasteiger partial charge in [-0.15, -0.1) is 0 Å². The SMILES string of the molecule is CCC1(CC)OC=N[C@@H]1C(C)C. The first-order valence-corrected chi connectivity index (χ1v) is 4.85. The molecule has 0 radical (unpaired) electrons. The number of ether oxygens (including phenoxy) is 1. The van der Waals surface area contributed by atoms with Crippen LogP contribution in [0.1, 0.15) is 40.5 Å². The largest absolute Gasteiger partial charge is 0.475 e. The smallest absolute Gasteiger partial charge is 0.170 e. The minimum absolute atomic E-state index is 0.00579. The maximum absolute atomic E-state index is 5.62. The molecule has 70 valence electrons. The van der Waals surface area contributed by atoms with Crippen LogP contribution in [0.25, 0.3) is 0 Å². The molecule has 0 aromatic rings. The second-order valence-electron chi connectivity index (χ2n) is 3.83. The quantitative estimate of drug-likeness (QED) is 0.636. The van der Waals surface area contributed by atoms with Crippen molar-refractivity contribution in [3.05, 3.63) is 0 Å². The number of hydrogen-bond donors (Lipinski definition) is 0. The van der Waals surface area contributed by atoms with Gasteiger partial charge in [-0.05, 0) is 18.8 Å². The molecular weight excluding hydrogens is 150 g/mol. The summed E-state index contributed by atoms with van der Waals surface area (Å²) >= 11 is 0. The summed E-state index contributed by atoms with van der Waals surface area (Å²) in [5.74, 6) is 0.573. The van der Waals surface area contributed by atoms with E-state index >= 15 is 0 Å². The third-order valence-corrected chi connectivity index (χ3v) is 2.88. The third kappa shape index (κ3) is 1.35. The van der Waals surface area contributed by atoms with Gasteiger partial charge >= 0.3 is 0 Å². The molecule has 1 atom stereocenters. The zero-order chi connectivity index (χ0) is 9.19. The van der Waals surface area contributed by atoms with E-state index in [0.717, 1.165) is 12.8 Å². The van der Waals surface area contributed by atoms with Crippen LogP contribution in [0.2, 0.25) is 0 Å². The first kappa shape index (κ1) is 9.56. The Bertz CT molecular complexity index is 171. The van der Waals surface area contributed by atoms with E-state index in [0.29, 0.717) is 12.0 Å². The fraction of sp³-hybridized carbons (Fsp3) is 0.900. The number of nitrogens with zero attached hydrogens (tertiary/aromatic N) is 1. The summed E-state index contributed by atoms with van der Waals surface area (Å²) in [6.07, 6.45) is 3.73. The van der Waals surface area contributed by atoms with Gasteiger partial charge in [0.15, 0.2) is 6.40 Å². The van der Waals surface area contributed by atoms with Crippen LogP contribution in [-0.2, 0) is 4.74 Å². The molecule has 1 aliphatic rings. The molecule has 1 heterocycles. The van der Waals surface area contributed by atoms with E-state index in [1.807, 2.05) is 0 Å². The molecule has 2 nitrogen and oxygen atoms in total. The predicted octanol–water partition coefficient (Wildman–Crippen LogP) is 2.63. The lowest BCUT2D eigenvalue weighted by atomic mass is 9.83. The summed E-state index contributed by atoms with van der Waals surface area (Å²) < 4.78 is 5.62. The van der Waals surface area contributed by atoms with Gasteiger partial charge in [0.2, 0.25) is 0 Å². The van der Waals surface area contributed by atoms with Crippen molar-refractivity contribution >= 4 is 6.40 Å². The summed E-state index contributed by atoms with van der Waals surface area (Å²) in [4.78, 5) is 4.38. The molecule has 0 aliphatic carbocycles. The van der Waals surface area contributed by atoms with Crippen LogP contribution < -0.4 is 0 Å². The van der Waals surface area contributed by atoms with Gasteiger partial charge in [-0.25, -0.2) is 0 Å². The second kappa shape index (κ2) is 3.46. The van der Waals surface area contributed by atoms with Crippen molar-refractivity contribution in [3.63, 3.8) is 0 Å². The molecule has 12 heavy (non-hydrogen) atoms. The van der Waals surface area contributed by atoms with Crippen LogP contribution in [0.3, 0.4) is 0 Å². The van der Waals surface area contributed by atoms with Gasteiger partial charge in [0.05, 0.1) is 6.04 Å². The molecule has 0 aromatic carbocycles. The second-order valence-corrected chi connectivity index (χ2v) is 3.83. The Morgan fingerprint density at radius 1 is 1.42 bits per heavy atom. The van der Waals surface area contributed by atoms with Crippen molar-refractivity contribution in [3.8, 4) is 0 Å². The van der Waals surface area contributed by atoms with Gasteiger partial charge < -0.3 is 4.74 Å². The standard InChI is InChI=1S/C10H19NO/c1-5-10(6-2)9(8(3)4)11-7-12-10/h7-9H,5-6H2,1-4H3/t9-/m1/s1. The van der Waals surface area contributed by atoms with E-state index in [1.54, 1.807) is 6.40 Å². The van der Waals surface area contributed by atoms with E-state index < -0.39 is 0 Å². The molecule has 0 saturated carbocycles. The third-order valence-electron chi connectivity index (χ3n) is 2.88. The minimum atomic E-state index is -0.00579. The highest BCUT2D eigenvalue weighted by atomic mass is 16.5. The first-order valence-electron chi connectivity index (χ1n) is 4.85. The number of aliphatic imine (C=N–C) groups is 1. The highest BCUT2D eigenvalue weighted by Crippen LogP contribution is 2.34. The zero-order valence-corrected chi connectivity index (χ0v) is 8.50. The van der Waals surface area contributed by atoms with Crippen molar-refractivity contribution in [2.75, 3.05) is 0 Å². The molecule has 0 unspecified atom stereocenters. The Kier molecular flexibility index (Phi) is 2.76. The first-order chi connectivity index (χ1) is 5.66. The van der Waals surface area contributed by atoms with E-state index in [9.17, 15) is 0 Å². The fourth-order valence-corrected chi connectivity index (χ4v) is 2.02. The van der Waals surface area contributed by atoms with E-state index in [-0.39, 0.29) is 5.60 Å². The lowest BCUT2D eigenvalue weighted by molar-refractivity contribution is 0.0386. The lowest BCUT2D eigenvalue weighted by Crippen LogP contribution is -2.41. The Morgan fingerprint density at radius 3 is 2.33 bits per heavy atom. The Morgan fingerprint density at radius 2 is 2.00 bits per heavy atom. The normalized spacial score (nSPS) is 26.2. The molecule has 0 aromatic heterocycles. The summed E-state index contributed by atoms with van der Waals surface area (Å²) in [6.45, 7) is 8.76. The fourth-order valence-electron chi connectivity index (χ4n) is 2.02. The predicted molar refractivity (Wildman–Crippen MR) is 51.5 cm³/mol. The zero-order valence-electron chi connectivity index (χ0n) is 8.50. The molecule has 0 fully saturated rings. The average molecular weight is 169 g/mol. The van der Waals surface area contributed by atoms with E-state index in [2.05, 4.69) is 32.7 Å². The van der Waals surface area contributed by atoms with Crippen molar-refractivity contribution in [1.29, 1.82) is 0 Å². The topological polar surface area (TPSA) is 21.6 Å². The van der Waals surface area contributed by atoms with Crippen molar-refractivity contribution in [1.82, 2.24) is 0 Å². The summed E-state index contributed by atoms with van der Waals surface area (Å²) in [5.41, 5.74) is -0.00579. The van der Waals surface area contributed by atoms with E-state index in [4.69, 9.17) is 4.74 Å². The minimum Gasteiger partial charge on any atom is -0.475 e. The van der Waals surface area contributed by atoms with Crippen LogP contribution in [-0.4, -0.2) is 18.0 Å². The van der Waals surface area contributed by atoms with Crippen molar-refractivity contribution in [2.24, 2.45) is 10.9 Å². The van der Waals surface area contributed by atoms with Gasteiger partial charge in [0.1, 0.15) is 5.60 Å². The van der Waals surface area contributed by atoms with Crippen molar-refractivity contribution in [2.45, 2.75) is 52.2 Å². The Hall–Kier alpha value is -0.530. The highest BCUT2D eigenvalue weighted by molar-refractivity contribution is 5.51. The van der Waals surface area contributed by atoms with Gasteiger partial charge in [0.25, 0.3) is 0 Å². The molecular formula is C10H19NO. The van der Waals surface area contributed by atoms with Gasteiger partial charge in [0, 0.05) is 0 Å². The molecule has 0 spiro atoms. The van der Waals surface area contributed by atoms with Crippen LogP contribution in [0.15, 0.2) is 4.99 Å². The summed E-state index contributed by atoms with van der Waals surface area (Å²) in [6, 6.07) is 0.354. The maximum atomic E-state index is 5.62. The van der Waals surface area contributed by atoms with Crippen molar-refractivity contribution < 1.29 is 4.74 Å². The Balaban J connectivity index is 2.76. The molecule has 0 bridgehead atoms. The lowest BCUT2D eigenvalue weighted by Gasteiger charge is -2.33. The maximum Gasteiger partial charge on any atom is 0.170 e. The number of rotatable bonds is 3. The van der Waals surface area contributed by atoms with Gasteiger partial charge in [-0.3, -0.25) is 4.99 Å². The van der Waals surface area contributed by atoms with E-state index in [1.165, 1.54) is 0 Å². The highest BCUT2D eigenvalue weighted by Gasteiger charge is 2.41. The molecule has 0 amide bonds.